The SMILES string of the molecule is CCC(CC)(CNc1cc(N)nc(C(C)(C)C)n1)SC. The fraction of sp³-hybridized carbons (Fsp3) is 0.733. The molecule has 0 atom stereocenters. The van der Waals surface area contributed by atoms with E-state index < -0.39 is 0 Å². The summed E-state index contributed by atoms with van der Waals surface area (Å²) < 4.78 is 0.252. The molecule has 1 aromatic rings. The van der Waals surface area contributed by atoms with Crippen LogP contribution in [-0.2, 0) is 5.41 Å². The maximum absolute atomic E-state index is 5.90. The van der Waals surface area contributed by atoms with Gasteiger partial charge in [0.25, 0.3) is 0 Å². The number of thioether (sulfide) groups is 1. The monoisotopic (exact) mass is 296 g/mol. The number of anilines is 2. The number of hydrogen-bond donors (Lipinski definition) is 2. The second kappa shape index (κ2) is 6.66. The van der Waals surface area contributed by atoms with Crippen LogP contribution in [0.1, 0.15) is 53.3 Å². The zero-order valence-corrected chi connectivity index (χ0v) is 14.4. The molecule has 20 heavy (non-hydrogen) atoms. The second-order valence-electron chi connectivity index (χ2n) is 6.20. The molecular formula is C15H28N4S. The van der Waals surface area contributed by atoms with Crippen molar-refractivity contribution < 1.29 is 0 Å². The van der Waals surface area contributed by atoms with Crippen molar-refractivity contribution in [2.45, 2.75) is 57.6 Å². The standard InChI is InChI=1S/C15H28N4S/c1-7-15(8-2,20-6)10-17-12-9-11(16)18-13(19-12)14(3,4)5/h9H,7-8,10H2,1-6H3,(H3,16,17,18,19). The van der Waals surface area contributed by atoms with Gasteiger partial charge in [-0.3, -0.25) is 0 Å². The van der Waals surface area contributed by atoms with E-state index in [-0.39, 0.29) is 10.2 Å². The molecule has 1 rings (SSSR count). The average molecular weight is 296 g/mol. The first-order chi connectivity index (χ1) is 9.26. The first kappa shape index (κ1) is 17.1. The summed E-state index contributed by atoms with van der Waals surface area (Å²) in [5, 5.41) is 3.44. The number of nitrogens with two attached hydrogens (primary N) is 1. The van der Waals surface area contributed by atoms with Crippen molar-refractivity contribution in [3.63, 3.8) is 0 Å². The van der Waals surface area contributed by atoms with E-state index >= 15 is 0 Å². The van der Waals surface area contributed by atoms with Gasteiger partial charge in [0, 0.05) is 22.8 Å². The highest BCUT2D eigenvalue weighted by Gasteiger charge is 2.25. The first-order valence-electron chi connectivity index (χ1n) is 7.20. The molecule has 1 aromatic heterocycles. The fourth-order valence-corrected chi connectivity index (χ4v) is 2.80. The third-order valence-corrected chi connectivity index (χ3v) is 5.32. The van der Waals surface area contributed by atoms with Crippen LogP contribution in [0.15, 0.2) is 6.07 Å². The highest BCUT2D eigenvalue weighted by atomic mass is 32.2. The van der Waals surface area contributed by atoms with Crippen LogP contribution in [0.4, 0.5) is 11.6 Å². The number of hydrogen-bond acceptors (Lipinski definition) is 5. The second-order valence-corrected chi connectivity index (χ2v) is 7.47. The molecule has 0 saturated heterocycles. The largest absolute Gasteiger partial charge is 0.384 e. The Labute approximate surface area is 127 Å². The Hall–Kier alpha value is -0.970. The number of nitrogens with one attached hydrogen (secondary N) is 1. The predicted molar refractivity (Wildman–Crippen MR) is 90.5 cm³/mol. The van der Waals surface area contributed by atoms with Crippen molar-refractivity contribution in [2.24, 2.45) is 0 Å². The van der Waals surface area contributed by atoms with Crippen LogP contribution in [0.2, 0.25) is 0 Å². The van der Waals surface area contributed by atoms with Crippen LogP contribution in [0, 0.1) is 0 Å². The van der Waals surface area contributed by atoms with Crippen molar-refractivity contribution >= 4 is 23.4 Å². The van der Waals surface area contributed by atoms with Crippen LogP contribution in [0.25, 0.3) is 0 Å². The molecule has 0 aromatic carbocycles. The molecule has 0 aliphatic carbocycles. The van der Waals surface area contributed by atoms with Crippen molar-refractivity contribution in [3.8, 4) is 0 Å². The van der Waals surface area contributed by atoms with Gasteiger partial charge in [0.05, 0.1) is 0 Å². The number of aromatic nitrogens is 2. The molecule has 0 fully saturated rings. The lowest BCUT2D eigenvalue weighted by atomic mass is 9.96. The van der Waals surface area contributed by atoms with Crippen LogP contribution >= 0.6 is 11.8 Å². The number of nitrogens with zero attached hydrogens (tertiary/aromatic N) is 2. The normalized spacial score (nSPS) is 12.5. The highest BCUT2D eigenvalue weighted by molar-refractivity contribution is 8.00. The summed E-state index contributed by atoms with van der Waals surface area (Å²) >= 11 is 1.91. The molecule has 5 heteroatoms. The Morgan fingerprint density at radius 2 is 1.80 bits per heavy atom. The van der Waals surface area contributed by atoms with Gasteiger partial charge in [-0.15, -0.1) is 0 Å². The van der Waals surface area contributed by atoms with E-state index in [2.05, 4.69) is 56.2 Å². The summed E-state index contributed by atoms with van der Waals surface area (Å²) in [6.45, 7) is 11.6. The number of nitrogen functional groups attached to an aromatic ring is 1. The lowest BCUT2D eigenvalue weighted by molar-refractivity contribution is 0.544. The quantitative estimate of drug-likeness (QED) is 0.838. The first-order valence-corrected chi connectivity index (χ1v) is 8.43. The van der Waals surface area contributed by atoms with E-state index in [9.17, 15) is 0 Å². The summed E-state index contributed by atoms with van der Waals surface area (Å²) in [6.07, 6.45) is 4.43. The van der Waals surface area contributed by atoms with Crippen LogP contribution in [0.5, 0.6) is 0 Å². The van der Waals surface area contributed by atoms with Crippen molar-refractivity contribution in [3.05, 3.63) is 11.9 Å². The molecule has 4 nitrogen and oxygen atoms in total. The minimum atomic E-state index is -0.0993. The van der Waals surface area contributed by atoms with Crippen molar-refractivity contribution in [1.82, 2.24) is 9.97 Å². The molecule has 0 amide bonds. The van der Waals surface area contributed by atoms with Gasteiger partial charge in [-0.25, -0.2) is 9.97 Å². The molecule has 0 saturated carbocycles. The summed E-state index contributed by atoms with van der Waals surface area (Å²) in [5.74, 6) is 2.13. The molecule has 3 N–H and O–H groups in total. The predicted octanol–water partition coefficient (Wildman–Crippen LogP) is 3.69. The average Bonchev–Trinajstić information content (AvgIpc) is 2.39. The molecule has 0 spiro atoms. The Morgan fingerprint density at radius 3 is 2.25 bits per heavy atom. The van der Waals surface area contributed by atoms with Crippen LogP contribution < -0.4 is 11.1 Å². The molecule has 1 heterocycles. The van der Waals surface area contributed by atoms with Gasteiger partial charge in [0.15, 0.2) is 0 Å². The smallest absolute Gasteiger partial charge is 0.138 e. The molecule has 114 valence electrons. The summed E-state index contributed by atoms with van der Waals surface area (Å²) in [4.78, 5) is 8.93. The summed E-state index contributed by atoms with van der Waals surface area (Å²) in [6, 6.07) is 1.81. The molecule has 0 radical (unpaired) electrons. The summed E-state index contributed by atoms with van der Waals surface area (Å²) in [7, 11) is 0. The van der Waals surface area contributed by atoms with Gasteiger partial charge in [-0.1, -0.05) is 34.6 Å². The lowest BCUT2D eigenvalue weighted by Crippen LogP contribution is -2.32. The van der Waals surface area contributed by atoms with Crippen LogP contribution in [-0.4, -0.2) is 27.5 Å². The molecular weight excluding hydrogens is 268 g/mol. The van der Waals surface area contributed by atoms with Crippen LogP contribution in [0.3, 0.4) is 0 Å². The van der Waals surface area contributed by atoms with Crippen molar-refractivity contribution in [1.29, 1.82) is 0 Å². The van der Waals surface area contributed by atoms with E-state index in [1.807, 2.05) is 17.8 Å². The van der Waals surface area contributed by atoms with E-state index in [1.54, 1.807) is 0 Å². The van der Waals surface area contributed by atoms with Gasteiger partial charge in [0.2, 0.25) is 0 Å². The third-order valence-electron chi connectivity index (χ3n) is 3.73. The molecule has 0 aliphatic rings. The van der Waals surface area contributed by atoms with E-state index in [4.69, 9.17) is 5.73 Å². The Morgan fingerprint density at radius 1 is 1.20 bits per heavy atom. The minimum absolute atomic E-state index is 0.0993. The van der Waals surface area contributed by atoms with Gasteiger partial charge in [0.1, 0.15) is 17.5 Å². The topological polar surface area (TPSA) is 63.8 Å². The lowest BCUT2D eigenvalue weighted by Gasteiger charge is -2.30. The summed E-state index contributed by atoms with van der Waals surface area (Å²) in [5.41, 5.74) is 5.80. The number of rotatable bonds is 6. The molecule has 0 unspecified atom stereocenters. The Balaban J connectivity index is 2.91. The van der Waals surface area contributed by atoms with E-state index in [0.29, 0.717) is 5.82 Å². The Bertz CT molecular complexity index is 428. The van der Waals surface area contributed by atoms with Gasteiger partial charge in [-0.2, -0.15) is 11.8 Å². The van der Waals surface area contributed by atoms with Crippen molar-refractivity contribution in [2.75, 3.05) is 23.9 Å². The highest BCUT2D eigenvalue weighted by Crippen LogP contribution is 2.31. The zero-order chi connectivity index (χ0) is 15.4. The van der Waals surface area contributed by atoms with E-state index in [1.165, 1.54) is 0 Å². The Kier molecular flexibility index (Phi) is 5.68. The maximum atomic E-state index is 5.90. The van der Waals surface area contributed by atoms with Gasteiger partial charge in [-0.05, 0) is 19.1 Å². The molecule has 0 aliphatic heterocycles. The maximum Gasteiger partial charge on any atom is 0.138 e. The van der Waals surface area contributed by atoms with E-state index in [0.717, 1.165) is 31.0 Å². The van der Waals surface area contributed by atoms with Gasteiger partial charge < -0.3 is 11.1 Å². The third kappa shape index (κ3) is 4.27. The minimum Gasteiger partial charge on any atom is -0.384 e. The zero-order valence-electron chi connectivity index (χ0n) is 13.6. The fourth-order valence-electron chi connectivity index (χ4n) is 2.00. The molecule has 0 bridgehead atoms. The van der Waals surface area contributed by atoms with Gasteiger partial charge >= 0.3 is 0 Å².